The normalized spacial score (nSPS) is 21.9. The van der Waals surface area contributed by atoms with Gasteiger partial charge in [0.15, 0.2) is 0 Å². The molecule has 0 saturated carbocycles. The van der Waals surface area contributed by atoms with Crippen molar-refractivity contribution in [3.8, 4) is 11.1 Å². The molecular weight excluding hydrogens is 689 g/mol. The summed E-state index contributed by atoms with van der Waals surface area (Å²) in [4.78, 5) is 31.6. The molecule has 0 N–H and O–H groups in total. The van der Waals surface area contributed by atoms with Crippen molar-refractivity contribution in [2.75, 3.05) is 37.5 Å². The van der Waals surface area contributed by atoms with Gasteiger partial charge in [-0.25, -0.2) is 8.78 Å². The Hall–Kier alpha value is -2.64. The van der Waals surface area contributed by atoms with Crippen molar-refractivity contribution in [2.45, 2.75) is 32.4 Å². The van der Waals surface area contributed by atoms with Crippen LogP contribution in [0.3, 0.4) is 0 Å². The van der Waals surface area contributed by atoms with E-state index in [1.165, 1.54) is 0 Å². The minimum Gasteiger partial charge on any atom is -0.380 e. The van der Waals surface area contributed by atoms with Crippen LogP contribution in [0.1, 0.15) is 11.1 Å². The molecule has 0 bridgehead atoms. The van der Waals surface area contributed by atoms with Crippen LogP contribution in [0.15, 0.2) is 40.7 Å². The van der Waals surface area contributed by atoms with Gasteiger partial charge in [-0.1, -0.05) is 18.2 Å². The number of carbonyl (C=O) groups excluding carboxylic acids is 2. The van der Waals surface area contributed by atoms with Crippen molar-refractivity contribution in [2.24, 2.45) is 10.4 Å². The van der Waals surface area contributed by atoms with Crippen molar-refractivity contribution in [1.82, 2.24) is 9.80 Å². The molecule has 16 radical (unpaired) electrons. The number of benzene rings is 2. The Kier molecular flexibility index (Phi) is 9.65. The fraction of sp³-hybridized carbons (Fsp3) is 0.393. The summed E-state index contributed by atoms with van der Waals surface area (Å²) in [6.07, 6.45) is -4.23. The molecule has 3 aliphatic heterocycles. The van der Waals surface area contributed by atoms with Crippen LogP contribution >= 0.6 is 23.4 Å². The minimum absolute atomic E-state index is 0.0778. The lowest BCUT2D eigenvalue weighted by molar-refractivity contribution is -0.137. The van der Waals surface area contributed by atoms with E-state index in [2.05, 4.69) is 11.6 Å². The molecule has 0 atom stereocenters. The zero-order valence-electron chi connectivity index (χ0n) is 26.2. The zero-order chi connectivity index (χ0) is 37.6. The van der Waals surface area contributed by atoms with Gasteiger partial charge in [0, 0.05) is 52.4 Å². The van der Waals surface area contributed by atoms with Gasteiger partial charge in [0.1, 0.15) is 17.5 Å². The van der Waals surface area contributed by atoms with E-state index in [1.807, 2.05) is 0 Å². The van der Waals surface area contributed by atoms with Crippen LogP contribution < -0.4 is 4.90 Å². The fourth-order valence-electron chi connectivity index (χ4n) is 6.29. The number of hydrogen-bond acceptors (Lipinski definition) is 5. The maximum atomic E-state index is 15.5. The van der Waals surface area contributed by atoms with Crippen LogP contribution in [-0.2, 0) is 20.5 Å². The molecular formula is C28H18B8ClF5N4O3S. The number of halogens is 6. The number of hydrogen-bond donors (Lipinski definition) is 0. The SMILES string of the molecule is [B]C1([B])N(C(=O)C=C)C([B])([B])C([B])([B])N(C(=NC)c2cc(C(F)(F)F)c(-c3cc(Cl)c(F)cc3F)c3c2N(C=O)CC2(COC2)CS3)C1([B])[B]. The average Bonchev–Trinajstić information content (AvgIpc) is 3.17. The predicted molar refractivity (Wildman–Crippen MR) is 187 cm³/mol. The largest absolute Gasteiger partial charge is 0.417 e. The number of amidine groups is 1. The third kappa shape index (κ3) is 5.59. The molecule has 240 valence electrons. The Morgan fingerprint density at radius 1 is 0.980 bits per heavy atom. The van der Waals surface area contributed by atoms with Gasteiger partial charge < -0.3 is 19.4 Å². The van der Waals surface area contributed by atoms with E-state index in [0.717, 1.165) is 23.7 Å². The fourth-order valence-corrected chi connectivity index (χ4v) is 7.89. The first-order valence-electron chi connectivity index (χ1n) is 14.4. The lowest BCUT2D eigenvalue weighted by Gasteiger charge is -2.75. The first-order valence-corrected chi connectivity index (χ1v) is 15.7. The van der Waals surface area contributed by atoms with Crippen LogP contribution in [0.5, 0.6) is 0 Å². The lowest BCUT2D eigenvalue weighted by atomic mass is 9.26. The van der Waals surface area contributed by atoms with Gasteiger partial charge in [-0.2, -0.15) is 13.2 Å². The third-order valence-electron chi connectivity index (χ3n) is 8.92. The highest BCUT2D eigenvalue weighted by molar-refractivity contribution is 7.99. The van der Waals surface area contributed by atoms with E-state index in [1.54, 1.807) is 0 Å². The first-order chi connectivity index (χ1) is 22.9. The van der Waals surface area contributed by atoms with Gasteiger partial charge in [-0.3, -0.25) is 14.6 Å². The second kappa shape index (κ2) is 12.5. The molecule has 2 aromatic carbocycles. The second-order valence-corrected chi connectivity index (χ2v) is 13.7. The summed E-state index contributed by atoms with van der Waals surface area (Å²) in [6.45, 7) is 3.47. The van der Waals surface area contributed by atoms with Gasteiger partial charge in [-0.15, -0.1) is 11.8 Å². The van der Waals surface area contributed by atoms with Crippen molar-refractivity contribution in [1.29, 1.82) is 0 Å². The van der Waals surface area contributed by atoms with Crippen LogP contribution in [0.25, 0.3) is 11.1 Å². The molecule has 50 heavy (non-hydrogen) atoms. The molecule has 2 aromatic rings. The highest BCUT2D eigenvalue weighted by atomic mass is 35.5. The monoisotopic (exact) mass is 708 g/mol. The summed E-state index contributed by atoms with van der Waals surface area (Å²) in [5.41, 5.74) is -4.61. The Labute approximate surface area is 305 Å². The molecule has 7 nitrogen and oxygen atoms in total. The van der Waals surface area contributed by atoms with E-state index in [0.29, 0.717) is 40.5 Å². The topological polar surface area (TPSA) is 65.5 Å². The second-order valence-electron chi connectivity index (χ2n) is 12.3. The maximum Gasteiger partial charge on any atom is 0.417 e. The summed E-state index contributed by atoms with van der Waals surface area (Å²) in [5, 5.41) is -12.0. The highest BCUT2D eigenvalue weighted by Gasteiger charge is 2.62. The number of thioether (sulfide) groups is 1. The number of amides is 2. The molecule has 2 amide bonds. The molecule has 0 aliphatic carbocycles. The standard InChI is InChI=1S/C28H18B8ClF5N4O3S/c1-3-18(48)45-25(29,30)27(33,34)46(28(35,36)26(45,31)32)22(43-2)13-4-14(24(40,41)42)19(12-5-15(37)17(39)6-16(12)38)21-20(13)44(11-47)7-23(10-50-21)8-49-9-23/h3-6,11H,1,7-10H2,2H3. The molecule has 0 aromatic heterocycles. The van der Waals surface area contributed by atoms with Crippen LogP contribution in [0.2, 0.25) is 5.02 Å². The summed E-state index contributed by atoms with van der Waals surface area (Å²) >= 11 is 6.77. The van der Waals surface area contributed by atoms with Crippen molar-refractivity contribution < 1.29 is 36.3 Å². The summed E-state index contributed by atoms with van der Waals surface area (Å²) in [6, 6.07) is 1.54. The minimum atomic E-state index is -5.27. The van der Waals surface area contributed by atoms with Gasteiger partial charge in [0.25, 0.3) is 0 Å². The number of aliphatic imine (C=N–C) groups is 1. The average molecular weight is 707 g/mol. The number of ether oxygens (including phenoxy) is 1. The van der Waals surface area contributed by atoms with Crippen molar-refractivity contribution in [3.63, 3.8) is 0 Å². The van der Waals surface area contributed by atoms with Gasteiger partial charge in [0.05, 0.1) is 92.3 Å². The number of carbonyl (C=O) groups is 2. The van der Waals surface area contributed by atoms with E-state index in [-0.39, 0.29) is 36.1 Å². The van der Waals surface area contributed by atoms with E-state index in [4.69, 9.17) is 79.1 Å². The summed E-state index contributed by atoms with van der Waals surface area (Å²) < 4.78 is 80.8. The van der Waals surface area contributed by atoms with Crippen LogP contribution in [-0.4, -0.2) is 145 Å². The van der Waals surface area contributed by atoms with Crippen molar-refractivity contribution in [3.05, 3.63) is 58.6 Å². The molecule has 5 rings (SSSR count). The van der Waals surface area contributed by atoms with Gasteiger partial charge >= 0.3 is 6.18 Å². The quantitative estimate of drug-likeness (QED) is 0.0906. The first kappa shape index (κ1) is 38.6. The summed E-state index contributed by atoms with van der Waals surface area (Å²) in [7, 11) is 52.3. The number of nitrogens with zero attached hydrogens (tertiary/aromatic N) is 4. The molecule has 3 aliphatic rings. The number of alkyl halides is 3. The smallest absolute Gasteiger partial charge is 0.380 e. The molecule has 2 saturated heterocycles. The Morgan fingerprint density at radius 3 is 2.00 bits per heavy atom. The molecule has 1 spiro atoms. The Balaban J connectivity index is 1.93. The molecule has 3 heterocycles. The van der Waals surface area contributed by atoms with Crippen LogP contribution in [0.4, 0.5) is 27.6 Å². The van der Waals surface area contributed by atoms with Crippen LogP contribution in [0, 0.1) is 17.0 Å². The number of fused-ring (bicyclic) bond motifs is 1. The maximum absolute atomic E-state index is 15.5. The number of rotatable bonds is 4. The predicted octanol–water partition coefficient (Wildman–Crippen LogP) is 1.06. The number of piperazine rings is 1. The van der Waals surface area contributed by atoms with Gasteiger partial charge in [0.2, 0.25) is 12.3 Å². The molecule has 0 unspecified atom stereocenters. The van der Waals surface area contributed by atoms with E-state index in [9.17, 15) is 14.0 Å². The zero-order valence-corrected chi connectivity index (χ0v) is 27.8. The molecule has 22 heteroatoms. The molecule has 2 fully saturated rings. The van der Waals surface area contributed by atoms with E-state index >= 15 is 17.6 Å². The van der Waals surface area contributed by atoms with Gasteiger partial charge in [-0.05, 0) is 39.6 Å². The third-order valence-corrected chi connectivity index (χ3v) is 10.7. The number of anilines is 1. The highest BCUT2D eigenvalue weighted by Crippen LogP contribution is 2.54. The Bertz CT molecular complexity index is 1800. The van der Waals surface area contributed by atoms with Crippen molar-refractivity contribution >= 4 is 110 Å². The van der Waals surface area contributed by atoms with E-state index < -0.39 is 83.6 Å². The summed E-state index contributed by atoms with van der Waals surface area (Å²) in [5.74, 6) is -4.36. The Morgan fingerprint density at radius 2 is 1.54 bits per heavy atom. The lowest BCUT2D eigenvalue weighted by Crippen LogP contribution is -2.93.